The van der Waals surface area contributed by atoms with Gasteiger partial charge in [0.05, 0.1) is 6.42 Å². The van der Waals surface area contributed by atoms with Crippen molar-refractivity contribution in [2.75, 3.05) is 0 Å². The summed E-state index contributed by atoms with van der Waals surface area (Å²) in [4.78, 5) is 14.9. The van der Waals surface area contributed by atoms with Crippen molar-refractivity contribution in [1.82, 2.24) is 14.6 Å². The second-order valence-corrected chi connectivity index (χ2v) is 3.98. The van der Waals surface area contributed by atoms with E-state index in [1.807, 2.05) is 32.2 Å². The zero-order valence-corrected chi connectivity index (χ0v) is 9.21. The first-order chi connectivity index (χ1) is 7.56. The largest absolute Gasteiger partial charge is 0.481 e. The predicted molar refractivity (Wildman–Crippen MR) is 58.4 cm³/mol. The molecule has 2 rings (SSSR count). The maximum absolute atomic E-state index is 10.6. The number of aromatic nitrogens is 3. The molecule has 0 aliphatic rings. The highest BCUT2D eigenvalue weighted by molar-refractivity contribution is 5.67. The molecule has 0 fully saturated rings. The Hall–Kier alpha value is -1.91. The smallest absolute Gasteiger partial charge is 0.304 e. The summed E-state index contributed by atoms with van der Waals surface area (Å²) in [6.45, 7) is 3.80. The molecule has 0 aliphatic carbocycles. The Morgan fingerprint density at radius 1 is 1.62 bits per heavy atom. The van der Waals surface area contributed by atoms with Crippen LogP contribution in [-0.2, 0) is 4.79 Å². The van der Waals surface area contributed by atoms with Crippen LogP contribution in [0.1, 0.15) is 30.7 Å². The van der Waals surface area contributed by atoms with Gasteiger partial charge in [0, 0.05) is 12.1 Å². The average molecular weight is 219 g/mol. The maximum atomic E-state index is 10.6. The van der Waals surface area contributed by atoms with Gasteiger partial charge >= 0.3 is 5.97 Å². The van der Waals surface area contributed by atoms with Crippen LogP contribution in [0.25, 0.3) is 5.65 Å². The first kappa shape index (κ1) is 10.6. The molecule has 1 unspecified atom stereocenters. The minimum atomic E-state index is -0.831. The summed E-state index contributed by atoms with van der Waals surface area (Å²) < 4.78 is 1.67. The van der Waals surface area contributed by atoms with Gasteiger partial charge in [-0.15, -0.1) is 0 Å². The Morgan fingerprint density at radius 3 is 3.06 bits per heavy atom. The number of fused-ring (bicyclic) bond motifs is 1. The van der Waals surface area contributed by atoms with E-state index < -0.39 is 5.97 Å². The summed E-state index contributed by atoms with van der Waals surface area (Å²) in [6.07, 6.45) is 1.88. The molecular formula is C11H13N3O2. The molecule has 2 aromatic rings. The summed E-state index contributed by atoms with van der Waals surface area (Å²) in [5.41, 5.74) is 1.87. The average Bonchev–Trinajstić information content (AvgIpc) is 2.59. The second kappa shape index (κ2) is 3.92. The van der Waals surface area contributed by atoms with Crippen LogP contribution in [0.4, 0.5) is 0 Å². The summed E-state index contributed by atoms with van der Waals surface area (Å²) in [6, 6.07) is 3.86. The van der Waals surface area contributed by atoms with E-state index in [0.29, 0.717) is 5.82 Å². The van der Waals surface area contributed by atoms with Gasteiger partial charge in [-0.05, 0) is 24.6 Å². The van der Waals surface area contributed by atoms with Crippen LogP contribution in [0.2, 0.25) is 0 Å². The maximum Gasteiger partial charge on any atom is 0.304 e. The third kappa shape index (κ3) is 2.03. The van der Waals surface area contributed by atoms with E-state index in [1.54, 1.807) is 4.52 Å². The number of rotatable bonds is 3. The molecule has 84 valence electrons. The monoisotopic (exact) mass is 219 g/mol. The second-order valence-electron chi connectivity index (χ2n) is 3.98. The highest BCUT2D eigenvalue weighted by atomic mass is 16.4. The van der Waals surface area contributed by atoms with E-state index in [0.717, 1.165) is 11.2 Å². The molecule has 5 heteroatoms. The number of carboxylic acids is 1. The van der Waals surface area contributed by atoms with Gasteiger partial charge in [0.1, 0.15) is 0 Å². The number of aryl methyl sites for hydroxylation is 1. The minimum Gasteiger partial charge on any atom is -0.481 e. The summed E-state index contributed by atoms with van der Waals surface area (Å²) >= 11 is 0. The summed E-state index contributed by atoms with van der Waals surface area (Å²) in [5.74, 6) is -0.423. The van der Waals surface area contributed by atoms with Crippen molar-refractivity contribution in [3.8, 4) is 0 Å². The van der Waals surface area contributed by atoms with E-state index in [4.69, 9.17) is 5.11 Å². The number of carbonyl (C=O) groups is 1. The van der Waals surface area contributed by atoms with E-state index in [2.05, 4.69) is 10.1 Å². The molecule has 1 N–H and O–H groups in total. The standard InChI is InChI=1S/C11H13N3O2/c1-7-3-4-14-9(5-7)12-11(13-14)8(2)6-10(15)16/h3-5,8H,6H2,1-2H3,(H,15,16). The molecule has 2 aromatic heterocycles. The molecule has 1 atom stereocenters. The van der Waals surface area contributed by atoms with Gasteiger partial charge in [0.15, 0.2) is 11.5 Å². The van der Waals surface area contributed by atoms with E-state index in [9.17, 15) is 4.79 Å². The van der Waals surface area contributed by atoms with E-state index in [1.165, 1.54) is 0 Å². The van der Waals surface area contributed by atoms with Gasteiger partial charge in [-0.2, -0.15) is 5.10 Å². The first-order valence-electron chi connectivity index (χ1n) is 5.11. The molecular weight excluding hydrogens is 206 g/mol. The van der Waals surface area contributed by atoms with Gasteiger partial charge in [0.25, 0.3) is 0 Å². The van der Waals surface area contributed by atoms with Crippen LogP contribution in [0, 0.1) is 6.92 Å². The molecule has 0 bridgehead atoms. The number of aliphatic carboxylic acids is 1. The lowest BCUT2D eigenvalue weighted by Gasteiger charge is -2.01. The number of carboxylic acid groups (broad SMARTS) is 1. The van der Waals surface area contributed by atoms with Gasteiger partial charge in [-0.3, -0.25) is 4.79 Å². The normalized spacial score (nSPS) is 12.9. The lowest BCUT2D eigenvalue weighted by Crippen LogP contribution is -2.04. The van der Waals surface area contributed by atoms with Crippen molar-refractivity contribution in [2.45, 2.75) is 26.2 Å². The molecule has 0 saturated heterocycles. The topological polar surface area (TPSA) is 67.5 Å². The highest BCUT2D eigenvalue weighted by Crippen LogP contribution is 2.16. The molecule has 0 amide bonds. The van der Waals surface area contributed by atoms with Crippen LogP contribution in [0.3, 0.4) is 0 Å². The number of hydrogen-bond acceptors (Lipinski definition) is 3. The Labute approximate surface area is 92.7 Å². The van der Waals surface area contributed by atoms with Crippen LogP contribution in [0.5, 0.6) is 0 Å². The van der Waals surface area contributed by atoms with Crippen molar-refractivity contribution < 1.29 is 9.90 Å². The molecule has 0 spiro atoms. The van der Waals surface area contributed by atoms with Gasteiger partial charge in [-0.25, -0.2) is 9.50 Å². The van der Waals surface area contributed by atoms with Gasteiger partial charge in [0.2, 0.25) is 0 Å². The quantitative estimate of drug-likeness (QED) is 0.851. The van der Waals surface area contributed by atoms with Crippen molar-refractivity contribution in [1.29, 1.82) is 0 Å². The molecule has 2 heterocycles. The Bertz CT molecular complexity index is 533. The molecule has 0 radical (unpaired) electrons. The van der Waals surface area contributed by atoms with E-state index in [-0.39, 0.29) is 12.3 Å². The van der Waals surface area contributed by atoms with Crippen LogP contribution in [0.15, 0.2) is 18.3 Å². The van der Waals surface area contributed by atoms with Crippen molar-refractivity contribution in [3.05, 3.63) is 29.7 Å². The lowest BCUT2D eigenvalue weighted by atomic mass is 10.1. The van der Waals surface area contributed by atoms with Crippen molar-refractivity contribution in [3.63, 3.8) is 0 Å². The Kier molecular flexibility index (Phi) is 2.60. The van der Waals surface area contributed by atoms with Crippen LogP contribution >= 0.6 is 0 Å². The third-order valence-electron chi connectivity index (χ3n) is 2.43. The zero-order chi connectivity index (χ0) is 11.7. The molecule has 16 heavy (non-hydrogen) atoms. The predicted octanol–water partition coefficient (Wildman–Crippen LogP) is 1.62. The van der Waals surface area contributed by atoms with Crippen molar-refractivity contribution in [2.24, 2.45) is 0 Å². The number of hydrogen-bond donors (Lipinski definition) is 1. The molecule has 5 nitrogen and oxygen atoms in total. The Morgan fingerprint density at radius 2 is 2.38 bits per heavy atom. The third-order valence-corrected chi connectivity index (χ3v) is 2.43. The minimum absolute atomic E-state index is 0.0515. The first-order valence-corrected chi connectivity index (χ1v) is 5.11. The summed E-state index contributed by atoms with van der Waals surface area (Å²) in [5, 5.41) is 13.0. The number of pyridine rings is 1. The van der Waals surface area contributed by atoms with Gasteiger partial charge in [-0.1, -0.05) is 6.92 Å². The van der Waals surface area contributed by atoms with Crippen LogP contribution < -0.4 is 0 Å². The van der Waals surface area contributed by atoms with Gasteiger partial charge < -0.3 is 5.11 Å². The Balaban J connectivity index is 2.35. The fraction of sp³-hybridized carbons (Fsp3) is 0.364. The molecule has 0 saturated carbocycles. The fourth-order valence-electron chi connectivity index (χ4n) is 1.56. The lowest BCUT2D eigenvalue weighted by molar-refractivity contribution is -0.137. The number of nitrogens with zero attached hydrogens (tertiary/aromatic N) is 3. The fourth-order valence-corrected chi connectivity index (χ4v) is 1.56. The summed E-state index contributed by atoms with van der Waals surface area (Å²) in [7, 11) is 0. The van der Waals surface area contributed by atoms with Crippen LogP contribution in [-0.4, -0.2) is 25.7 Å². The SMILES string of the molecule is Cc1ccn2nc(C(C)CC(=O)O)nc2c1. The van der Waals surface area contributed by atoms with E-state index >= 15 is 0 Å². The highest BCUT2D eigenvalue weighted by Gasteiger charge is 2.15. The molecule has 0 aromatic carbocycles. The van der Waals surface area contributed by atoms with Crippen molar-refractivity contribution >= 4 is 11.6 Å². The zero-order valence-electron chi connectivity index (χ0n) is 9.21. The molecule has 0 aliphatic heterocycles.